The number of imidazole rings is 1. The van der Waals surface area contributed by atoms with Gasteiger partial charge in [0.1, 0.15) is 5.75 Å². The van der Waals surface area contributed by atoms with Crippen molar-refractivity contribution >= 4 is 22.5 Å². The van der Waals surface area contributed by atoms with Crippen LogP contribution in [0.5, 0.6) is 5.75 Å². The van der Waals surface area contributed by atoms with E-state index in [1.54, 1.807) is 7.11 Å². The Balaban J connectivity index is 2.05. The van der Waals surface area contributed by atoms with Crippen molar-refractivity contribution in [1.82, 2.24) is 14.4 Å². The van der Waals surface area contributed by atoms with Gasteiger partial charge in [0.05, 0.1) is 30.0 Å². The molecular weight excluding hydrogens is 288 g/mol. The van der Waals surface area contributed by atoms with Crippen molar-refractivity contribution in [3.63, 3.8) is 0 Å². The number of fused-ring (bicyclic) bond motifs is 3. The zero-order chi connectivity index (χ0) is 15.8. The highest BCUT2D eigenvalue weighted by molar-refractivity contribution is 5.86. The average Bonchev–Trinajstić information content (AvgIpc) is 3.06. The Hall–Kier alpha value is -3.08. The average molecular weight is 304 g/mol. The van der Waals surface area contributed by atoms with Gasteiger partial charge in [-0.2, -0.15) is 0 Å². The fourth-order valence-corrected chi connectivity index (χ4v) is 2.81. The molecule has 4 rings (SSSR count). The van der Waals surface area contributed by atoms with E-state index in [9.17, 15) is 0 Å². The summed E-state index contributed by atoms with van der Waals surface area (Å²) in [6.07, 6.45) is 1.88. The molecule has 0 bridgehead atoms. The van der Waals surface area contributed by atoms with Gasteiger partial charge in [-0.3, -0.25) is 4.40 Å². The standard InChI is InChI=1S/C18H16N4O/c1-19-17-18-20-11-16(12-7-9-13(23-2)10-8-12)22(18)15-6-4-3-5-14(15)21-17/h3-11H,1-2H3,(H,19,21). The maximum Gasteiger partial charge on any atom is 0.181 e. The summed E-state index contributed by atoms with van der Waals surface area (Å²) in [5.41, 5.74) is 4.88. The van der Waals surface area contributed by atoms with Crippen LogP contribution in [0.1, 0.15) is 0 Å². The fourth-order valence-electron chi connectivity index (χ4n) is 2.81. The lowest BCUT2D eigenvalue weighted by molar-refractivity contribution is 0.415. The third-order valence-corrected chi connectivity index (χ3v) is 3.95. The van der Waals surface area contributed by atoms with Crippen molar-refractivity contribution in [2.24, 2.45) is 0 Å². The molecule has 2 aromatic carbocycles. The second kappa shape index (κ2) is 5.28. The third kappa shape index (κ3) is 2.09. The van der Waals surface area contributed by atoms with Gasteiger partial charge in [-0.15, -0.1) is 0 Å². The molecule has 5 heteroatoms. The molecular formula is C18H16N4O. The van der Waals surface area contributed by atoms with Crippen LogP contribution in [0, 0.1) is 0 Å². The molecule has 0 amide bonds. The minimum atomic E-state index is 0.767. The molecule has 0 spiro atoms. The lowest BCUT2D eigenvalue weighted by Crippen LogP contribution is -2.00. The molecule has 0 radical (unpaired) electrons. The van der Waals surface area contributed by atoms with E-state index in [0.29, 0.717) is 0 Å². The van der Waals surface area contributed by atoms with Crippen molar-refractivity contribution in [2.75, 3.05) is 19.5 Å². The van der Waals surface area contributed by atoms with Gasteiger partial charge in [0, 0.05) is 12.6 Å². The molecule has 0 fully saturated rings. The maximum atomic E-state index is 5.24. The van der Waals surface area contributed by atoms with Crippen molar-refractivity contribution in [2.45, 2.75) is 0 Å². The molecule has 0 aliphatic carbocycles. The van der Waals surface area contributed by atoms with E-state index in [1.165, 1.54) is 0 Å². The molecule has 0 aliphatic heterocycles. The molecule has 1 N–H and O–H groups in total. The van der Waals surface area contributed by atoms with E-state index in [1.807, 2.05) is 55.7 Å². The zero-order valence-corrected chi connectivity index (χ0v) is 12.9. The molecule has 0 aliphatic rings. The van der Waals surface area contributed by atoms with E-state index in [2.05, 4.69) is 25.8 Å². The van der Waals surface area contributed by atoms with Crippen LogP contribution in [0.3, 0.4) is 0 Å². The normalized spacial score (nSPS) is 11.0. The molecule has 0 atom stereocenters. The van der Waals surface area contributed by atoms with Gasteiger partial charge in [-0.05, 0) is 36.4 Å². The number of benzene rings is 2. The number of para-hydroxylation sites is 2. The predicted molar refractivity (Wildman–Crippen MR) is 92.0 cm³/mol. The van der Waals surface area contributed by atoms with Crippen LogP contribution in [0.4, 0.5) is 5.82 Å². The fraction of sp³-hybridized carbons (Fsp3) is 0.111. The minimum Gasteiger partial charge on any atom is -0.497 e. The first-order chi connectivity index (χ1) is 11.3. The second-order valence-electron chi connectivity index (χ2n) is 5.23. The molecule has 4 aromatic rings. The Kier molecular flexibility index (Phi) is 3.12. The Morgan fingerprint density at radius 1 is 1.04 bits per heavy atom. The highest BCUT2D eigenvalue weighted by Crippen LogP contribution is 2.29. The summed E-state index contributed by atoms with van der Waals surface area (Å²) in [6, 6.07) is 16.1. The van der Waals surface area contributed by atoms with Gasteiger partial charge in [0.2, 0.25) is 0 Å². The summed E-state index contributed by atoms with van der Waals surface area (Å²) in [5.74, 6) is 1.61. The molecule has 0 saturated carbocycles. The molecule has 2 heterocycles. The maximum absolute atomic E-state index is 5.24. The molecule has 2 aromatic heterocycles. The predicted octanol–water partition coefficient (Wildman–Crippen LogP) is 3.60. The zero-order valence-electron chi connectivity index (χ0n) is 12.9. The van der Waals surface area contributed by atoms with Crippen LogP contribution < -0.4 is 10.1 Å². The van der Waals surface area contributed by atoms with Crippen LogP contribution in [-0.4, -0.2) is 28.5 Å². The van der Waals surface area contributed by atoms with Gasteiger partial charge in [0.25, 0.3) is 0 Å². The van der Waals surface area contributed by atoms with E-state index in [0.717, 1.165) is 39.5 Å². The van der Waals surface area contributed by atoms with E-state index >= 15 is 0 Å². The highest BCUT2D eigenvalue weighted by atomic mass is 16.5. The van der Waals surface area contributed by atoms with Crippen molar-refractivity contribution in [3.8, 4) is 17.0 Å². The summed E-state index contributed by atoms with van der Waals surface area (Å²) in [7, 11) is 3.53. The highest BCUT2D eigenvalue weighted by Gasteiger charge is 2.13. The lowest BCUT2D eigenvalue weighted by atomic mass is 10.1. The van der Waals surface area contributed by atoms with Crippen LogP contribution in [0.25, 0.3) is 27.9 Å². The molecule has 114 valence electrons. The minimum absolute atomic E-state index is 0.767. The van der Waals surface area contributed by atoms with Crippen molar-refractivity contribution in [1.29, 1.82) is 0 Å². The van der Waals surface area contributed by atoms with Gasteiger partial charge in [-0.25, -0.2) is 9.97 Å². The summed E-state index contributed by atoms with van der Waals surface area (Å²) in [4.78, 5) is 9.21. The van der Waals surface area contributed by atoms with Crippen molar-refractivity contribution < 1.29 is 4.74 Å². The van der Waals surface area contributed by atoms with Gasteiger partial charge in [-0.1, -0.05) is 12.1 Å². The molecule has 0 unspecified atom stereocenters. The second-order valence-corrected chi connectivity index (χ2v) is 5.23. The van der Waals surface area contributed by atoms with Crippen LogP contribution in [0.15, 0.2) is 54.7 Å². The largest absolute Gasteiger partial charge is 0.497 e. The summed E-state index contributed by atoms with van der Waals surface area (Å²) in [5, 5.41) is 3.13. The van der Waals surface area contributed by atoms with E-state index in [-0.39, 0.29) is 0 Å². The van der Waals surface area contributed by atoms with Gasteiger partial charge < -0.3 is 10.1 Å². The first-order valence-electron chi connectivity index (χ1n) is 7.40. The van der Waals surface area contributed by atoms with E-state index < -0.39 is 0 Å². The van der Waals surface area contributed by atoms with Crippen LogP contribution >= 0.6 is 0 Å². The van der Waals surface area contributed by atoms with Gasteiger partial charge in [0.15, 0.2) is 11.5 Å². The van der Waals surface area contributed by atoms with Gasteiger partial charge >= 0.3 is 0 Å². The number of aromatic nitrogens is 3. The number of rotatable bonds is 3. The number of hydrogen-bond acceptors (Lipinski definition) is 4. The third-order valence-electron chi connectivity index (χ3n) is 3.95. The first-order valence-corrected chi connectivity index (χ1v) is 7.40. The topological polar surface area (TPSA) is 51.5 Å². The quantitative estimate of drug-likeness (QED) is 0.628. The van der Waals surface area contributed by atoms with Crippen LogP contribution in [0.2, 0.25) is 0 Å². The Morgan fingerprint density at radius 2 is 1.83 bits per heavy atom. The van der Waals surface area contributed by atoms with Crippen LogP contribution in [-0.2, 0) is 0 Å². The molecule has 5 nitrogen and oxygen atoms in total. The monoisotopic (exact) mass is 304 g/mol. The summed E-state index contributed by atoms with van der Waals surface area (Å²) in [6.45, 7) is 0. The Labute approximate surface area is 133 Å². The smallest absolute Gasteiger partial charge is 0.181 e. The lowest BCUT2D eigenvalue weighted by Gasteiger charge is -2.09. The number of ether oxygens (including phenoxy) is 1. The molecule has 23 heavy (non-hydrogen) atoms. The summed E-state index contributed by atoms with van der Waals surface area (Å²) < 4.78 is 7.37. The Bertz CT molecular complexity index is 989. The van der Waals surface area contributed by atoms with Crippen molar-refractivity contribution in [3.05, 3.63) is 54.7 Å². The number of hydrogen-bond donors (Lipinski definition) is 1. The Morgan fingerprint density at radius 3 is 2.57 bits per heavy atom. The molecule has 0 saturated heterocycles. The number of nitrogens with one attached hydrogen (secondary N) is 1. The number of methoxy groups -OCH3 is 1. The summed E-state index contributed by atoms with van der Waals surface area (Å²) >= 11 is 0. The first kappa shape index (κ1) is 13.6. The SMILES string of the molecule is CNc1nc2ccccc2n2c(-c3ccc(OC)cc3)cnc12. The number of anilines is 1. The number of nitrogens with zero attached hydrogens (tertiary/aromatic N) is 3. The van der Waals surface area contributed by atoms with E-state index in [4.69, 9.17) is 4.74 Å².